The van der Waals surface area contributed by atoms with E-state index in [4.69, 9.17) is 4.74 Å². The molecular weight excluding hydrogens is 430 g/mol. The fraction of sp³-hybridized carbons (Fsp3) is 0.391. The molecule has 1 unspecified atom stereocenters. The van der Waals surface area contributed by atoms with Crippen LogP contribution in [0.15, 0.2) is 53.4 Å². The van der Waals surface area contributed by atoms with Crippen molar-refractivity contribution in [3.8, 4) is 5.75 Å². The SMILES string of the molecule is CC1Oc2ccccc2N(CC(=O)NCc2ccccc2S(=O)(=O)N2CCCCC2)C1=O. The van der Waals surface area contributed by atoms with Gasteiger partial charge >= 0.3 is 0 Å². The molecule has 2 aromatic carbocycles. The standard InChI is InChI=1S/C23H27N3O5S/c1-17-23(28)26(19-10-4-5-11-20(19)31-17)16-22(27)24-15-18-9-3-6-12-21(18)32(29,30)25-13-7-2-8-14-25/h3-6,9-12,17H,2,7-8,13-16H2,1H3,(H,24,27). The molecule has 8 nitrogen and oxygen atoms in total. The van der Waals surface area contributed by atoms with Crippen molar-refractivity contribution in [1.82, 2.24) is 9.62 Å². The smallest absolute Gasteiger partial charge is 0.268 e. The molecule has 0 bridgehead atoms. The highest BCUT2D eigenvalue weighted by molar-refractivity contribution is 7.89. The van der Waals surface area contributed by atoms with E-state index in [9.17, 15) is 18.0 Å². The summed E-state index contributed by atoms with van der Waals surface area (Å²) in [5.41, 5.74) is 1.06. The summed E-state index contributed by atoms with van der Waals surface area (Å²) < 4.78 is 33.4. The molecule has 2 aromatic rings. The van der Waals surface area contributed by atoms with Crippen molar-refractivity contribution in [2.45, 2.75) is 43.7 Å². The first kappa shape index (κ1) is 22.3. The molecule has 4 rings (SSSR count). The summed E-state index contributed by atoms with van der Waals surface area (Å²) in [4.78, 5) is 26.9. The topological polar surface area (TPSA) is 96.0 Å². The average molecular weight is 458 g/mol. The molecule has 2 aliphatic heterocycles. The van der Waals surface area contributed by atoms with Crippen molar-refractivity contribution >= 4 is 27.5 Å². The van der Waals surface area contributed by atoms with Gasteiger partial charge in [0.2, 0.25) is 15.9 Å². The Bertz CT molecular complexity index is 1110. The van der Waals surface area contributed by atoms with Crippen LogP contribution >= 0.6 is 0 Å². The number of amides is 2. The number of fused-ring (bicyclic) bond motifs is 1. The molecule has 0 saturated carbocycles. The Morgan fingerprint density at radius 1 is 1.06 bits per heavy atom. The minimum Gasteiger partial charge on any atom is -0.479 e. The van der Waals surface area contributed by atoms with Gasteiger partial charge in [-0.1, -0.05) is 36.8 Å². The molecule has 170 valence electrons. The quantitative estimate of drug-likeness (QED) is 0.718. The van der Waals surface area contributed by atoms with Crippen LogP contribution in [-0.2, 0) is 26.2 Å². The highest BCUT2D eigenvalue weighted by Crippen LogP contribution is 2.33. The van der Waals surface area contributed by atoms with E-state index in [0.29, 0.717) is 30.1 Å². The zero-order valence-electron chi connectivity index (χ0n) is 18.0. The summed E-state index contributed by atoms with van der Waals surface area (Å²) in [6.45, 7) is 2.55. The highest BCUT2D eigenvalue weighted by atomic mass is 32.2. The van der Waals surface area contributed by atoms with E-state index < -0.39 is 16.1 Å². The van der Waals surface area contributed by atoms with Gasteiger partial charge in [0.1, 0.15) is 12.3 Å². The van der Waals surface area contributed by atoms with Gasteiger partial charge in [-0.05, 0) is 43.5 Å². The number of anilines is 1. The van der Waals surface area contributed by atoms with E-state index in [-0.39, 0.29) is 29.8 Å². The number of carbonyl (C=O) groups is 2. The second-order valence-corrected chi connectivity index (χ2v) is 9.91. The molecule has 1 N–H and O–H groups in total. The molecule has 0 spiro atoms. The lowest BCUT2D eigenvalue weighted by atomic mass is 10.2. The maximum atomic E-state index is 13.1. The Morgan fingerprint density at radius 2 is 1.75 bits per heavy atom. The Morgan fingerprint density at radius 3 is 2.53 bits per heavy atom. The number of hydrogen-bond acceptors (Lipinski definition) is 5. The first-order valence-electron chi connectivity index (χ1n) is 10.8. The first-order valence-corrected chi connectivity index (χ1v) is 12.2. The molecule has 2 aliphatic rings. The largest absolute Gasteiger partial charge is 0.479 e. The number of nitrogens with one attached hydrogen (secondary N) is 1. The summed E-state index contributed by atoms with van der Waals surface area (Å²) >= 11 is 0. The Labute approximate surface area is 188 Å². The molecular formula is C23H27N3O5S. The molecule has 2 heterocycles. The van der Waals surface area contributed by atoms with Gasteiger partial charge in [-0.2, -0.15) is 4.31 Å². The van der Waals surface area contributed by atoms with Crippen LogP contribution in [0.5, 0.6) is 5.75 Å². The lowest BCUT2D eigenvalue weighted by Crippen LogP contribution is -2.48. The normalized spacial score (nSPS) is 19.2. The predicted octanol–water partition coefficient (Wildman–Crippen LogP) is 2.29. The van der Waals surface area contributed by atoms with Gasteiger partial charge in [0.15, 0.2) is 6.10 Å². The lowest BCUT2D eigenvalue weighted by molar-refractivity contribution is -0.128. The van der Waals surface area contributed by atoms with Crippen LogP contribution in [0.25, 0.3) is 0 Å². The van der Waals surface area contributed by atoms with Crippen LogP contribution in [0, 0.1) is 0 Å². The summed E-state index contributed by atoms with van der Waals surface area (Å²) in [6.07, 6.45) is 2.05. The summed E-state index contributed by atoms with van der Waals surface area (Å²) in [5.74, 6) is -0.135. The molecule has 1 fully saturated rings. The second-order valence-electron chi connectivity index (χ2n) is 8.00. The van der Waals surface area contributed by atoms with E-state index in [0.717, 1.165) is 19.3 Å². The van der Waals surface area contributed by atoms with E-state index in [1.54, 1.807) is 55.5 Å². The molecule has 32 heavy (non-hydrogen) atoms. The molecule has 1 saturated heterocycles. The van der Waals surface area contributed by atoms with Crippen LogP contribution in [0.2, 0.25) is 0 Å². The summed E-state index contributed by atoms with van der Waals surface area (Å²) in [7, 11) is -3.62. The molecule has 0 aliphatic carbocycles. The molecule has 0 radical (unpaired) electrons. The van der Waals surface area contributed by atoms with E-state index in [1.807, 2.05) is 0 Å². The van der Waals surface area contributed by atoms with E-state index >= 15 is 0 Å². The van der Waals surface area contributed by atoms with Crippen LogP contribution in [0.4, 0.5) is 5.69 Å². The molecule has 1 atom stereocenters. The number of benzene rings is 2. The number of piperidine rings is 1. The van der Waals surface area contributed by atoms with Crippen molar-refractivity contribution in [1.29, 1.82) is 0 Å². The zero-order valence-corrected chi connectivity index (χ0v) is 18.8. The average Bonchev–Trinajstić information content (AvgIpc) is 2.81. The number of ether oxygens (including phenoxy) is 1. The van der Waals surface area contributed by atoms with Gasteiger partial charge in [0.05, 0.1) is 10.6 Å². The fourth-order valence-electron chi connectivity index (χ4n) is 4.06. The maximum Gasteiger partial charge on any atom is 0.268 e. The fourth-order valence-corrected chi connectivity index (χ4v) is 5.80. The minimum atomic E-state index is -3.62. The third kappa shape index (κ3) is 4.49. The van der Waals surface area contributed by atoms with Gasteiger partial charge < -0.3 is 10.1 Å². The first-order chi connectivity index (χ1) is 15.4. The van der Waals surface area contributed by atoms with Crippen LogP contribution in [0.1, 0.15) is 31.7 Å². The van der Waals surface area contributed by atoms with Gasteiger partial charge in [-0.3, -0.25) is 14.5 Å². The van der Waals surface area contributed by atoms with Crippen molar-refractivity contribution in [3.63, 3.8) is 0 Å². The Kier molecular flexibility index (Phi) is 6.48. The number of carbonyl (C=O) groups excluding carboxylic acids is 2. The highest BCUT2D eigenvalue weighted by Gasteiger charge is 2.33. The third-order valence-corrected chi connectivity index (χ3v) is 7.76. The van der Waals surface area contributed by atoms with Crippen LogP contribution < -0.4 is 15.0 Å². The van der Waals surface area contributed by atoms with Gasteiger partial charge in [0, 0.05) is 19.6 Å². The molecule has 2 amide bonds. The van der Waals surface area contributed by atoms with Gasteiger partial charge in [-0.15, -0.1) is 0 Å². The van der Waals surface area contributed by atoms with Crippen molar-refractivity contribution < 1.29 is 22.7 Å². The minimum absolute atomic E-state index is 0.0534. The number of nitrogens with zero attached hydrogens (tertiary/aromatic N) is 2. The second kappa shape index (κ2) is 9.30. The van der Waals surface area contributed by atoms with E-state index in [2.05, 4.69) is 5.32 Å². The van der Waals surface area contributed by atoms with Gasteiger partial charge in [-0.25, -0.2) is 8.42 Å². The van der Waals surface area contributed by atoms with Crippen molar-refractivity contribution in [2.75, 3.05) is 24.5 Å². The lowest BCUT2D eigenvalue weighted by Gasteiger charge is -2.32. The van der Waals surface area contributed by atoms with Crippen LogP contribution in [0.3, 0.4) is 0 Å². The number of hydrogen-bond donors (Lipinski definition) is 1. The predicted molar refractivity (Wildman–Crippen MR) is 120 cm³/mol. The van der Waals surface area contributed by atoms with Crippen LogP contribution in [-0.4, -0.2) is 50.3 Å². The molecule has 9 heteroatoms. The number of sulfonamides is 1. The summed E-state index contributed by atoms with van der Waals surface area (Å²) in [5, 5.41) is 2.77. The van der Waals surface area contributed by atoms with Gasteiger partial charge in [0.25, 0.3) is 5.91 Å². The number of para-hydroxylation sites is 2. The van der Waals surface area contributed by atoms with Crippen molar-refractivity contribution in [3.05, 3.63) is 54.1 Å². The third-order valence-electron chi connectivity index (χ3n) is 5.76. The maximum absolute atomic E-state index is 13.1. The van der Waals surface area contributed by atoms with Crippen molar-refractivity contribution in [2.24, 2.45) is 0 Å². The monoisotopic (exact) mass is 457 g/mol. The summed E-state index contributed by atoms with van der Waals surface area (Å²) in [6, 6.07) is 13.8. The molecule has 0 aromatic heterocycles. The number of rotatable bonds is 6. The Hall–Kier alpha value is -2.91. The zero-order chi connectivity index (χ0) is 22.7. The Balaban J connectivity index is 1.47. The van der Waals surface area contributed by atoms with E-state index in [1.165, 1.54) is 9.21 Å².